The molecule has 2 fully saturated rings. The summed E-state index contributed by atoms with van der Waals surface area (Å²) in [6, 6.07) is 0.492. The molecule has 0 spiro atoms. The summed E-state index contributed by atoms with van der Waals surface area (Å²) in [4.78, 5) is 12.9. The molecular weight excluding hydrogens is 208 g/mol. The summed E-state index contributed by atoms with van der Waals surface area (Å²) < 4.78 is 5.30. The van der Waals surface area contributed by atoms with Gasteiger partial charge in [-0.1, -0.05) is 0 Å². The standard InChI is InChI=1S/C11H20N2O3/c1-13-7-9(6-10(13)11(14)15)12-8-2-4-16-5-3-8/h8-10,12H,2-7H2,1H3,(H,14,15)/t9-,10-/m0/s1. The molecule has 0 aromatic carbocycles. The molecule has 92 valence electrons. The van der Waals surface area contributed by atoms with Gasteiger partial charge in [0, 0.05) is 31.8 Å². The minimum atomic E-state index is -0.709. The third-order valence-electron chi connectivity index (χ3n) is 3.53. The minimum absolute atomic E-state index is 0.314. The quantitative estimate of drug-likeness (QED) is 0.707. The molecule has 2 rings (SSSR count). The lowest BCUT2D eigenvalue weighted by atomic mass is 10.1. The highest BCUT2D eigenvalue weighted by molar-refractivity contribution is 5.74. The van der Waals surface area contributed by atoms with Crippen LogP contribution in [-0.2, 0) is 9.53 Å². The van der Waals surface area contributed by atoms with Crippen LogP contribution in [0.4, 0.5) is 0 Å². The molecule has 0 aromatic heterocycles. The van der Waals surface area contributed by atoms with E-state index in [2.05, 4.69) is 5.32 Å². The Morgan fingerprint density at radius 1 is 1.38 bits per heavy atom. The lowest BCUT2D eigenvalue weighted by molar-refractivity contribution is -0.141. The van der Waals surface area contributed by atoms with Gasteiger partial charge in [-0.3, -0.25) is 9.69 Å². The molecule has 0 saturated carbocycles. The third-order valence-corrected chi connectivity index (χ3v) is 3.53. The number of hydrogen-bond acceptors (Lipinski definition) is 4. The van der Waals surface area contributed by atoms with Gasteiger partial charge in [0.15, 0.2) is 0 Å². The topological polar surface area (TPSA) is 61.8 Å². The summed E-state index contributed by atoms with van der Waals surface area (Å²) in [5.41, 5.74) is 0. The minimum Gasteiger partial charge on any atom is -0.480 e. The largest absolute Gasteiger partial charge is 0.480 e. The summed E-state index contributed by atoms with van der Waals surface area (Å²) in [6.07, 6.45) is 2.79. The van der Waals surface area contributed by atoms with Crippen molar-refractivity contribution in [1.29, 1.82) is 0 Å². The molecule has 5 heteroatoms. The first-order valence-electron chi connectivity index (χ1n) is 5.93. The first kappa shape index (κ1) is 11.8. The van der Waals surface area contributed by atoms with Crippen LogP contribution in [0.25, 0.3) is 0 Å². The van der Waals surface area contributed by atoms with Crippen LogP contribution in [0.3, 0.4) is 0 Å². The van der Waals surface area contributed by atoms with Gasteiger partial charge in [0.05, 0.1) is 0 Å². The van der Waals surface area contributed by atoms with Crippen LogP contribution in [0.2, 0.25) is 0 Å². The second-order valence-corrected chi connectivity index (χ2v) is 4.78. The summed E-state index contributed by atoms with van der Waals surface area (Å²) in [5.74, 6) is -0.709. The van der Waals surface area contributed by atoms with Crippen LogP contribution in [-0.4, -0.2) is 60.9 Å². The average molecular weight is 228 g/mol. The van der Waals surface area contributed by atoms with E-state index in [0.29, 0.717) is 18.5 Å². The predicted octanol–water partition coefficient (Wildman–Crippen LogP) is -0.0877. The number of rotatable bonds is 3. The van der Waals surface area contributed by atoms with Gasteiger partial charge < -0.3 is 15.2 Å². The molecule has 0 aromatic rings. The summed E-state index contributed by atoms with van der Waals surface area (Å²) in [6.45, 7) is 2.47. The van der Waals surface area contributed by atoms with Gasteiger partial charge in [-0.05, 0) is 26.3 Å². The van der Waals surface area contributed by atoms with Crippen LogP contribution >= 0.6 is 0 Å². The van der Waals surface area contributed by atoms with E-state index in [9.17, 15) is 4.79 Å². The van der Waals surface area contributed by atoms with E-state index in [-0.39, 0.29) is 6.04 Å². The first-order chi connectivity index (χ1) is 7.66. The molecule has 2 atom stereocenters. The van der Waals surface area contributed by atoms with E-state index in [4.69, 9.17) is 9.84 Å². The van der Waals surface area contributed by atoms with Crippen LogP contribution in [0.1, 0.15) is 19.3 Å². The third kappa shape index (κ3) is 2.72. The number of hydrogen-bond donors (Lipinski definition) is 2. The number of carboxylic acids is 1. The van der Waals surface area contributed by atoms with Gasteiger partial charge >= 0.3 is 5.97 Å². The summed E-state index contributed by atoms with van der Waals surface area (Å²) >= 11 is 0. The van der Waals surface area contributed by atoms with Crippen molar-refractivity contribution in [2.24, 2.45) is 0 Å². The molecule has 2 N–H and O–H groups in total. The number of carbonyl (C=O) groups is 1. The number of nitrogens with one attached hydrogen (secondary N) is 1. The number of nitrogens with zero attached hydrogens (tertiary/aromatic N) is 1. The molecule has 16 heavy (non-hydrogen) atoms. The highest BCUT2D eigenvalue weighted by Gasteiger charge is 2.35. The van der Waals surface area contributed by atoms with E-state index in [1.165, 1.54) is 0 Å². The Hall–Kier alpha value is -0.650. The predicted molar refractivity (Wildman–Crippen MR) is 59.4 cm³/mol. The summed E-state index contributed by atoms with van der Waals surface area (Å²) in [7, 11) is 1.88. The Morgan fingerprint density at radius 2 is 2.06 bits per heavy atom. The molecule has 0 bridgehead atoms. The Bertz CT molecular complexity index is 254. The average Bonchev–Trinajstić information content (AvgIpc) is 2.61. The van der Waals surface area contributed by atoms with E-state index in [0.717, 1.165) is 32.6 Å². The van der Waals surface area contributed by atoms with Crippen LogP contribution < -0.4 is 5.32 Å². The molecule has 2 aliphatic rings. The number of aliphatic carboxylic acids is 1. The normalized spacial score (nSPS) is 33.1. The number of carboxylic acid groups (broad SMARTS) is 1. The van der Waals surface area contributed by atoms with Gasteiger partial charge in [-0.25, -0.2) is 0 Å². The van der Waals surface area contributed by atoms with Crippen molar-refractivity contribution in [2.75, 3.05) is 26.8 Å². The lowest BCUT2D eigenvalue weighted by Gasteiger charge is -2.26. The Morgan fingerprint density at radius 3 is 2.62 bits per heavy atom. The van der Waals surface area contributed by atoms with Crippen LogP contribution in [0, 0.1) is 0 Å². The monoisotopic (exact) mass is 228 g/mol. The zero-order valence-electron chi connectivity index (χ0n) is 9.69. The highest BCUT2D eigenvalue weighted by atomic mass is 16.5. The Balaban J connectivity index is 1.81. The maximum Gasteiger partial charge on any atom is 0.320 e. The van der Waals surface area contributed by atoms with Crippen LogP contribution in [0.15, 0.2) is 0 Å². The molecule has 0 radical (unpaired) electrons. The Labute approximate surface area is 95.8 Å². The van der Waals surface area contributed by atoms with Crippen LogP contribution in [0.5, 0.6) is 0 Å². The zero-order chi connectivity index (χ0) is 11.5. The molecule has 0 aliphatic carbocycles. The molecule has 2 heterocycles. The number of likely N-dealkylation sites (tertiary alicyclic amines) is 1. The number of ether oxygens (including phenoxy) is 1. The van der Waals surface area contributed by atoms with Crippen molar-refractivity contribution in [2.45, 2.75) is 37.4 Å². The van der Waals surface area contributed by atoms with E-state index >= 15 is 0 Å². The maximum atomic E-state index is 11.0. The Kier molecular flexibility index (Phi) is 3.78. The molecule has 5 nitrogen and oxygen atoms in total. The van der Waals surface area contributed by atoms with E-state index in [1.807, 2.05) is 11.9 Å². The molecule has 0 unspecified atom stereocenters. The van der Waals surface area contributed by atoms with Gasteiger partial charge in [-0.2, -0.15) is 0 Å². The molecular formula is C11H20N2O3. The molecule has 2 aliphatic heterocycles. The van der Waals surface area contributed by atoms with Crippen molar-refractivity contribution < 1.29 is 14.6 Å². The van der Waals surface area contributed by atoms with Gasteiger partial charge in [0.2, 0.25) is 0 Å². The number of likely N-dealkylation sites (N-methyl/N-ethyl adjacent to an activating group) is 1. The highest BCUT2D eigenvalue weighted by Crippen LogP contribution is 2.18. The fourth-order valence-corrected chi connectivity index (χ4v) is 2.61. The van der Waals surface area contributed by atoms with E-state index in [1.54, 1.807) is 0 Å². The SMILES string of the molecule is CN1C[C@@H](NC2CCOCC2)C[C@H]1C(=O)O. The second-order valence-electron chi connectivity index (χ2n) is 4.78. The second kappa shape index (κ2) is 5.12. The maximum absolute atomic E-state index is 11.0. The molecule has 2 saturated heterocycles. The van der Waals surface area contributed by atoms with E-state index < -0.39 is 5.97 Å². The molecule has 0 amide bonds. The fourth-order valence-electron chi connectivity index (χ4n) is 2.61. The van der Waals surface area contributed by atoms with Gasteiger partial charge in [0.25, 0.3) is 0 Å². The fraction of sp³-hybridized carbons (Fsp3) is 0.909. The van der Waals surface area contributed by atoms with Crippen molar-refractivity contribution in [3.05, 3.63) is 0 Å². The van der Waals surface area contributed by atoms with Crippen molar-refractivity contribution in [1.82, 2.24) is 10.2 Å². The van der Waals surface area contributed by atoms with Crippen molar-refractivity contribution in [3.8, 4) is 0 Å². The van der Waals surface area contributed by atoms with Crippen molar-refractivity contribution in [3.63, 3.8) is 0 Å². The first-order valence-corrected chi connectivity index (χ1v) is 5.93. The van der Waals surface area contributed by atoms with Gasteiger partial charge in [0.1, 0.15) is 6.04 Å². The zero-order valence-corrected chi connectivity index (χ0v) is 9.69. The lowest BCUT2D eigenvalue weighted by Crippen LogP contribution is -2.42. The summed E-state index contributed by atoms with van der Waals surface area (Å²) in [5, 5.41) is 12.6. The van der Waals surface area contributed by atoms with Crippen molar-refractivity contribution >= 4 is 5.97 Å². The smallest absolute Gasteiger partial charge is 0.320 e. The van der Waals surface area contributed by atoms with Gasteiger partial charge in [-0.15, -0.1) is 0 Å².